The lowest BCUT2D eigenvalue weighted by Gasteiger charge is -2.17. The summed E-state index contributed by atoms with van der Waals surface area (Å²) in [6.45, 7) is 1.77. The van der Waals surface area contributed by atoms with Crippen LogP contribution in [-0.4, -0.2) is 26.4 Å². The van der Waals surface area contributed by atoms with Crippen LogP contribution < -0.4 is 10.0 Å². The van der Waals surface area contributed by atoms with E-state index < -0.39 is 15.9 Å². The van der Waals surface area contributed by atoms with Gasteiger partial charge in [0.2, 0.25) is 0 Å². The minimum atomic E-state index is -4.05. The van der Waals surface area contributed by atoms with Crippen molar-refractivity contribution in [2.24, 2.45) is 4.40 Å². The topological polar surface area (TPSA) is 72.8 Å². The highest BCUT2D eigenvalue weighted by atomic mass is 32.2. The molecule has 2 aromatic carbocycles. The minimum absolute atomic E-state index is 0.0408. The van der Waals surface area contributed by atoms with Gasteiger partial charge in [0.1, 0.15) is 0 Å². The molecule has 0 heterocycles. The molecular weight excluding hydrogens is 332 g/mol. The van der Waals surface area contributed by atoms with Crippen molar-refractivity contribution in [3.8, 4) is 0 Å². The Bertz CT molecular complexity index is 829. The third kappa shape index (κ3) is 4.14. The van der Waals surface area contributed by atoms with E-state index in [4.69, 9.17) is 12.2 Å². The molecule has 2 rings (SSSR count). The van der Waals surface area contributed by atoms with Gasteiger partial charge in [0.25, 0.3) is 10.0 Å². The van der Waals surface area contributed by atoms with E-state index in [1.54, 1.807) is 49.2 Å². The molecule has 0 N–H and O–H groups in total. The first-order chi connectivity index (χ1) is 10.8. The van der Waals surface area contributed by atoms with E-state index >= 15 is 0 Å². The van der Waals surface area contributed by atoms with Gasteiger partial charge >= 0.3 is 0 Å². The van der Waals surface area contributed by atoms with Gasteiger partial charge in [-0.15, -0.1) is 0 Å². The van der Waals surface area contributed by atoms with Crippen LogP contribution in [0.3, 0.4) is 0 Å². The average molecular weight is 347 g/mol. The fourth-order valence-corrected chi connectivity index (χ4v) is 2.83. The predicted octanol–water partition coefficient (Wildman–Crippen LogP) is 1.97. The van der Waals surface area contributed by atoms with Gasteiger partial charge < -0.3 is 10.0 Å². The summed E-state index contributed by atoms with van der Waals surface area (Å²) in [6, 6.07) is 14.1. The van der Waals surface area contributed by atoms with Crippen LogP contribution in [0.1, 0.15) is 12.5 Å². The first kappa shape index (κ1) is 17.1. The Hall–Kier alpha value is -2.25. The Kier molecular flexibility index (Phi) is 5.12. The standard InChI is InChI=1S/C16H16N2O3S2/c1-12(22)18(2)14-8-10-15(11-9-14)23(20,21)17-16(19)13-6-4-3-5-7-13/h3-11H,1-2H3,(H,17,19)/p-1. The van der Waals surface area contributed by atoms with E-state index in [2.05, 4.69) is 4.40 Å². The van der Waals surface area contributed by atoms with E-state index in [0.717, 1.165) is 5.69 Å². The highest BCUT2D eigenvalue weighted by Crippen LogP contribution is 2.19. The largest absolute Gasteiger partial charge is 0.858 e. The van der Waals surface area contributed by atoms with Crippen LogP contribution in [0, 0.1) is 0 Å². The number of hydrogen-bond donors (Lipinski definition) is 0. The lowest BCUT2D eigenvalue weighted by molar-refractivity contribution is -0.212. The first-order valence-electron chi connectivity index (χ1n) is 6.73. The van der Waals surface area contributed by atoms with Gasteiger partial charge in [0.05, 0.1) is 9.88 Å². The highest BCUT2D eigenvalue weighted by molar-refractivity contribution is 7.90. The summed E-state index contributed by atoms with van der Waals surface area (Å²) in [5.41, 5.74) is 0.981. The van der Waals surface area contributed by atoms with Crippen LogP contribution >= 0.6 is 12.2 Å². The lowest BCUT2D eigenvalue weighted by atomic mass is 10.2. The zero-order valence-corrected chi connectivity index (χ0v) is 14.3. The van der Waals surface area contributed by atoms with Crippen LogP contribution in [0.15, 0.2) is 63.9 Å². The summed E-state index contributed by atoms with van der Waals surface area (Å²) < 4.78 is 27.8. The van der Waals surface area contributed by atoms with Gasteiger partial charge in [-0.3, -0.25) is 0 Å². The van der Waals surface area contributed by atoms with Crippen LogP contribution in [-0.2, 0) is 10.0 Å². The molecule has 0 aliphatic heterocycles. The molecule has 0 spiro atoms. The van der Waals surface area contributed by atoms with E-state index in [9.17, 15) is 13.5 Å². The Labute approximate surface area is 141 Å². The van der Waals surface area contributed by atoms with Crippen LogP contribution in [0.4, 0.5) is 5.69 Å². The van der Waals surface area contributed by atoms with Crippen molar-refractivity contribution in [2.75, 3.05) is 11.9 Å². The molecule has 0 aromatic heterocycles. The van der Waals surface area contributed by atoms with Crippen LogP contribution in [0.5, 0.6) is 0 Å². The van der Waals surface area contributed by atoms with Gasteiger partial charge in [-0.25, -0.2) is 0 Å². The van der Waals surface area contributed by atoms with E-state index in [1.165, 1.54) is 24.3 Å². The first-order valence-corrected chi connectivity index (χ1v) is 8.58. The molecule has 0 saturated heterocycles. The Morgan fingerprint density at radius 1 is 1.09 bits per heavy atom. The molecule has 0 atom stereocenters. The smallest absolute Gasteiger partial charge is 0.281 e. The summed E-state index contributed by atoms with van der Waals surface area (Å²) in [4.78, 5) is 2.36. The monoisotopic (exact) mass is 347 g/mol. The number of anilines is 1. The molecule has 2 aromatic rings. The number of hydrogen-bond acceptors (Lipinski definition) is 4. The van der Waals surface area contributed by atoms with Crippen molar-refractivity contribution in [1.82, 2.24) is 0 Å². The molecule has 0 bridgehead atoms. The molecule has 0 aliphatic carbocycles. The number of nitrogens with zero attached hydrogens (tertiary/aromatic N) is 2. The quantitative estimate of drug-likeness (QED) is 0.480. The molecular formula is C16H15N2O3S2-. The molecule has 7 heteroatoms. The van der Waals surface area contributed by atoms with Crippen molar-refractivity contribution in [1.29, 1.82) is 0 Å². The molecule has 0 fully saturated rings. The number of benzene rings is 2. The van der Waals surface area contributed by atoms with Crippen molar-refractivity contribution in [3.63, 3.8) is 0 Å². The van der Waals surface area contributed by atoms with Gasteiger partial charge in [-0.1, -0.05) is 42.5 Å². The Morgan fingerprint density at radius 3 is 2.17 bits per heavy atom. The number of thiocarbonyl (C=S) groups is 1. The van der Waals surface area contributed by atoms with Crippen molar-refractivity contribution in [2.45, 2.75) is 11.8 Å². The maximum Gasteiger partial charge on any atom is 0.281 e. The molecule has 0 radical (unpaired) electrons. The van der Waals surface area contributed by atoms with Crippen molar-refractivity contribution >= 4 is 38.8 Å². The van der Waals surface area contributed by atoms with Gasteiger partial charge in [0, 0.05) is 18.6 Å². The Morgan fingerprint density at radius 2 is 1.65 bits per heavy atom. The summed E-state index contributed by atoms with van der Waals surface area (Å²) in [6.07, 6.45) is 0. The summed E-state index contributed by atoms with van der Waals surface area (Å²) in [5.74, 6) is -0.790. The van der Waals surface area contributed by atoms with Crippen LogP contribution in [0.25, 0.3) is 0 Å². The van der Waals surface area contributed by atoms with E-state index in [1.807, 2.05) is 0 Å². The average Bonchev–Trinajstić information content (AvgIpc) is 2.54. The predicted molar refractivity (Wildman–Crippen MR) is 93.3 cm³/mol. The second-order valence-corrected chi connectivity index (χ2v) is 7.00. The molecule has 0 unspecified atom stereocenters. The SMILES string of the molecule is CC(=S)N(C)c1ccc(S(=O)(=O)N=C([O-])c2ccccc2)cc1. The van der Waals surface area contributed by atoms with Crippen molar-refractivity contribution in [3.05, 3.63) is 60.2 Å². The van der Waals surface area contributed by atoms with Crippen LogP contribution in [0.2, 0.25) is 0 Å². The zero-order chi connectivity index (χ0) is 17.0. The molecule has 23 heavy (non-hydrogen) atoms. The molecule has 0 saturated carbocycles. The molecule has 0 amide bonds. The summed E-state index contributed by atoms with van der Waals surface area (Å²) >= 11 is 5.06. The third-order valence-corrected chi connectivity index (χ3v) is 4.77. The molecule has 120 valence electrons. The number of sulfonamides is 1. The zero-order valence-electron chi connectivity index (χ0n) is 12.6. The van der Waals surface area contributed by atoms with Gasteiger partial charge in [0.15, 0.2) is 0 Å². The summed E-state index contributed by atoms with van der Waals surface area (Å²) in [7, 11) is -2.26. The molecule has 0 aliphatic rings. The lowest BCUT2D eigenvalue weighted by Crippen LogP contribution is -2.21. The maximum absolute atomic E-state index is 12.2. The highest BCUT2D eigenvalue weighted by Gasteiger charge is 2.13. The summed E-state index contributed by atoms with van der Waals surface area (Å²) in [5, 5.41) is 11.9. The van der Waals surface area contributed by atoms with Crippen molar-refractivity contribution < 1.29 is 13.5 Å². The van der Waals surface area contributed by atoms with Gasteiger partial charge in [-0.2, -0.15) is 12.8 Å². The normalized spacial score (nSPS) is 12.0. The maximum atomic E-state index is 12.2. The third-order valence-electron chi connectivity index (χ3n) is 3.22. The van der Waals surface area contributed by atoms with Gasteiger partial charge in [-0.05, 0) is 36.8 Å². The second-order valence-electron chi connectivity index (χ2n) is 4.81. The second kappa shape index (κ2) is 6.89. The fourth-order valence-electron chi connectivity index (χ4n) is 1.82. The Balaban J connectivity index is 2.32. The van der Waals surface area contributed by atoms with E-state index in [-0.39, 0.29) is 10.5 Å². The fraction of sp³-hybridized carbons (Fsp3) is 0.125. The molecule has 5 nitrogen and oxygen atoms in total. The number of rotatable bonds is 4. The van der Waals surface area contributed by atoms with E-state index in [0.29, 0.717) is 4.99 Å². The minimum Gasteiger partial charge on any atom is -0.858 e.